The number of nitrogens with zero attached hydrogens (tertiary/aromatic N) is 1. The third kappa shape index (κ3) is 6.55. The van der Waals surface area contributed by atoms with Gasteiger partial charge in [0.2, 0.25) is 11.8 Å². The fourth-order valence-corrected chi connectivity index (χ4v) is 6.66. The number of thioether (sulfide) groups is 1. The minimum absolute atomic E-state index is 0.0846. The molecule has 0 bridgehead atoms. The van der Waals surface area contributed by atoms with Gasteiger partial charge in [0, 0.05) is 16.5 Å². The molecule has 1 heterocycles. The molecule has 4 aromatic rings. The monoisotopic (exact) mass is 545 g/mol. The second-order valence-corrected chi connectivity index (χ2v) is 11.5. The molecule has 1 atom stereocenters. The number of carbonyl (C=O) groups excluding carboxylic acids is 2. The first-order valence-electron chi connectivity index (χ1n) is 13.1. The molecule has 1 saturated carbocycles. The quantitative estimate of drug-likeness (QED) is 0.211. The molecule has 0 radical (unpaired) electrons. The standard InChI is InChI=1S/C30H31N3O3S2/c1-2-36-23-16-17-25-26(19-23)38-30(32-25)33-29(35)27(20-10-5-3-6-11-20)37-24-15-9-14-22(18-24)31-28(34)21-12-7-4-8-13-21/h3,5-6,9-11,14-19,21,27H,2,4,7-8,12-13H2,1H3,(H,31,34)(H,32,33,35). The molecule has 1 unspecified atom stereocenters. The maximum Gasteiger partial charge on any atom is 0.244 e. The van der Waals surface area contributed by atoms with Gasteiger partial charge in [-0.05, 0) is 61.7 Å². The lowest BCUT2D eigenvalue weighted by molar-refractivity contribution is -0.120. The van der Waals surface area contributed by atoms with Gasteiger partial charge in [0.15, 0.2) is 5.13 Å². The predicted molar refractivity (Wildman–Crippen MR) is 156 cm³/mol. The lowest BCUT2D eigenvalue weighted by Crippen LogP contribution is -2.24. The minimum Gasteiger partial charge on any atom is -0.494 e. The second kappa shape index (κ2) is 12.5. The van der Waals surface area contributed by atoms with Crippen molar-refractivity contribution in [1.82, 2.24) is 4.98 Å². The first-order valence-corrected chi connectivity index (χ1v) is 14.8. The Bertz CT molecular complexity index is 1400. The molecule has 2 N–H and O–H groups in total. The number of rotatable bonds is 9. The molecule has 3 aromatic carbocycles. The fraction of sp³-hybridized carbons (Fsp3) is 0.300. The topological polar surface area (TPSA) is 80.3 Å². The van der Waals surface area contributed by atoms with Crippen molar-refractivity contribution in [3.05, 3.63) is 78.4 Å². The Kier molecular flexibility index (Phi) is 8.61. The van der Waals surface area contributed by atoms with Crippen LogP contribution in [0, 0.1) is 5.92 Å². The molecule has 1 aliphatic carbocycles. The van der Waals surface area contributed by atoms with Crippen molar-refractivity contribution in [2.45, 2.75) is 49.2 Å². The van der Waals surface area contributed by atoms with Crippen LogP contribution in [0.15, 0.2) is 77.7 Å². The maximum atomic E-state index is 13.6. The van der Waals surface area contributed by atoms with E-state index in [1.54, 1.807) is 0 Å². The zero-order chi connectivity index (χ0) is 26.3. The second-order valence-electron chi connectivity index (χ2n) is 9.33. The normalized spacial score (nSPS) is 14.7. The van der Waals surface area contributed by atoms with E-state index < -0.39 is 5.25 Å². The zero-order valence-corrected chi connectivity index (χ0v) is 22.9. The van der Waals surface area contributed by atoms with Crippen molar-refractivity contribution in [1.29, 1.82) is 0 Å². The van der Waals surface area contributed by atoms with Gasteiger partial charge in [-0.2, -0.15) is 0 Å². The van der Waals surface area contributed by atoms with Crippen LogP contribution in [-0.2, 0) is 9.59 Å². The minimum atomic E-state index is -0.494. The van der Waals surface area contributed by atoms with Gasteiger partial charge in [-0.25, -0.2) is 4.98 Å². The molecule has 8 heteroatoms. The highest BCUT2D eigenvalue weighted by molar-refractivity contribution is 8.00. The van der Waals surface area contributed by atoms with Gasteiger partial charge < -0.3 is 15.4 Å². The van der Waals surface area contributed by atoms with Crippen molar-refractivity contribution < 1.29 is 14.3 Å². The van der Waals surface area contributed by atoms with Gasteiger partial charge in [-0.1, -0.05) is 67.0 Å². The molecular formula is C30H31N3O3S2. The summed E-state index contributed by atoms with van der Waals surface area (Å²) in [5, 5.41) is 6.18. The SMILES string of the molecule is CCOc1ccc2nc(NC(=O)C(Sc3cccc(NC(=O)C4CCCCC4)c3)c3ccccc3)sc2c1. The van der Waals surface area contributed by atoms with Crippen molar-refractivity contribution in [3.8, 4) is 5.75 Å². The van der Waals surface area contributed by atoms with E-state index >= 15 is 0 Å². The van der Waals surface area contributed by atoms with Crippen LogP contribution in [0.2, 0.25) is 0 Å². The van der Waals surface area contributed by atoms with Gasteiger partial charge in [0.05, 0.1) is 16.8 Å². The van der Waals surface area contributed by atoms with Gasteiger partial charge in [0.1, 0.15) is 11.0 Å². The molecule has 2 amide bonds. The molecular weight excluding hydrogens is 514 g/mol. The number of carbonyl (C=O) groups is 2. The summed E-state index contributed by atoms with van der Waals surface area (Å²) < 4.78 is 6.55. The number of amides is 2. The van der Waals surface area contributed by atoms with Crippen LogP contribution in [0.25, 0.3) is 10.2 Å². The molecule has 6 nitrogen and oxygen atoms in total. The lowest BCUT2D eigenvalue weighted by Gasteiger charge is -2.21. The van der Waals surface area contributed by atoms with Crippen molar-refractivity contribution in [2.24, 2.45) is 5.92 Å². The molecule has 1 fully saturated rings. The third-order valence-electron chi connectivity index (χ3n) is 6.57. The highest BCUT2D eigenvalue weighted by Crippen LogP contribution is 2.38. The van der Waals surface area contributed by atoms with Crippen LogP contribution in [0.4, 0.5) is 10.8 Å². The molecule has 0 aliphatic heterocycles. The van der Waals surface area contributed by atoms with Crippen LogP contribution in [0.1, 0.15) is 49.8 Å². The first kappa shape index (κ1) is 26.3. The van der Waals surface area contributed by atoms with Gasteiger partial charge in [0.25, 0.3) is 0 Å². The summed E-state index contributed by atoms with van der Waals surface area (Å²) in [7, 11) is 0. The van der Waals surface area contributed by atoms with Gasteiger partial charge in [-0.3, -0.25) is 9.59 Å². The van der Waals surface area contributed by atoms with E-state index in [1.165, 1.54) is 29.5 Å². The molecule has 5 rings (SSSR count). The van der Waals surface area contributed by atoms with Crippen LogP contribution in [0.3, 0.4) is 0 Å². The summed E-state index contributed by atoms with van der Waals surface area (Å²) in [5.41, 5.74) is 2.47. The average Bonchev–Trinajstić information content (AvgIpc) is 3.34. The number of nitrogens with one attached hydrogen (secondary N) is 2. The van der Waals surface area contributed by atoms with E-state index in [4.69, 9.17) is 4.74 Å². The van der Waals surface area contributed by atoms with Crippen molar-refractivity contribution in [3.63, 3.8) is 0 Å². The van der Waals surface area contributed by atoms with Gasteiger partial charge >= 0.3 is 0 Å². The molecule has 196 valence electrons. The van der Waals surface area contributed by atoms with Gasteiger partial charge in [-0.15, -0.1) is 11.8 Å². The Labute approximate surface area is 231 Å². The summed E-state index contributed by atoms with van der Waals surface area (Å²) in [4.78, 5) is 31.8. The summed E-state index contributed by atoms with van der Waals surface area (Å²) in [6, 6.07) is 23.2. The molecule has 0 saturated heterocycles. The first-order chi connectivity index (χ1) is 18.6. The molecule has 1 aromatic heterocycles. The van der Waals surface area contributed by atoms with Crippen LogP contribution >= 0.6 is 23.1 Å². The highest BCUT2D eigenvalue weighted by Gasteiger charge is 2.24. The number of aromatic nitrogens is 1. The third-order valence-corrected chi connectivity index (χ3v) is 8.75. The average molecular weight is 546 g/mol. The maximum absolute atomic E-state index is 13.6. The fourth-order valence-electron chi connectivity index (χ4n) is 4.68. The number of fused-ring (bicyclic) bond motifs is 1. The Morgan fingerprint density at radius 2 is 1.82 bits per heavy atom. The smallest absolute Gasteiger partial charge is 0.244 e. The van der Waals surface area contributed by atoms with E-state index in [9.17, 15) is 9.59 Å². The van der Waals surface area contributed by atoms with Crippen LogP contribution in [0.5, 0.6) is 5.75 Å². The van der Waals surface area contributed by atoms with E-state index in [1.807, 2.05) is 79.7 Å². The van der Waals surface area contributed by atoms with Crippen molar-refractivity contribution >= 4 is 55.9 Å². The Hall–Kier alpha value is -3.36. The van der Waals surface area contributed by atoms with Crippen LogP contribution in [-0.4, -0.2) is 23.4 Å². The Morgan fingerprint density at radius 1 is 1.00 bits per heavy atom. The number of hydrogen-bond donors (Lipinski definition) is 2. The van der Waals surface area contributed by atoms with E-state index in [2.05, 4.69) is 15.6 Å². The highest BCUT2D eigenvalue weighted by atomic mass is 32.2. The zero-order valence-electron chi connectivity index (χ0n) is 21.3. The Balaban J connectivity index is 1.33. The number of thiazole rings is 1. The largest absolute Gasteiger partial charge is 0.494 e. The van der Waals surface area contributed by atoms with E-state index in [0.29, 0.717) is 11.7 Å². The Morgan fingerprint density at radius 3 is 2.61 bits per heavy atom. The summed E-state index contributed by atoms with van der Waals surface area (Å²) in [6.07, 6.45) is 5.35. The molecule has 38 heavy (non-hydrogen) atoms. The van der Waals surface area contributed by atoms with E-state index in [-0.39, 0.29) is 17.7 Å². The molecule has 0 spiro atoms. The number of hydrogen-bond acceptors (Lipinski definition) is 6. The summed E-state index contributed by atoms with van der Waals surface area (Å²) >= 11 is 2.88. The lowest BCUT2D eigenvalue weighted by atomic mass is 9.88. The van der Waals surface area contributed by atoms with Crippen molar-refractivity contribution in [2.75, 3.05) is 17.2 Å². The number of benzene rings is 3. The number of ether oxygens (including phenoxy) is 1. The summed E-state index contributed by atoms with van der Waals surface area (Å²) in [6.45, 7) is 2.54. The summed E-state index contributed by atoms with van der Waals surface area (Å²) in [5.74, 6) is 0.811. The molecule has 1 aliphatic rings. The predicted octanol–water partition coefficient (Wildman–Crippen LogP) is 7.69. The van der Waals surface area contributed by atoms with E-state index in [0.717, 1.165) is 57.8 Å². The van der Waals surface area contributed by atoms with Crippen LogP contribution < -0.4 is 15.4 Å². The number of anilines is 2.